The van der Waals surface area contributed by atoms with E-state index in [1.165, 1.54) is 57.7 Å². The number of rotatable bonds is 15. The van der Waals surface area contributed by atoms with E-state index >= 15 is 0 Å². The van der Waals surface area contributed by atoms with E-state index in [-0.39, 0.29) is 52.7 Å². The summed E-state index contributed by atoms with van der Waals surface area (Å²) in [6.45, 7) is -1.01. The van der Waals surface area contributed by atoms with E-state index < -0.39 is 36.1 Å². The SMILES string of the molecule is CNc1ccc(OC)c(C(=O)NCC(=O)Nc2ccc(OC)c(C(=O)NCC(=O)Nc3ccc(OC)c(C(=O)NCC=O)c3)c2)c1. The molecule has 0 unspecified atom stereocenters. The maximum atomic E-state index is 13.0. The molecule has 0 bridgehead atoms. The van der Waals surface area contributed by atoms with Crippen molar-refractivity contribution >= 4 is 52.9 Å². The molecular formula is C31H34N6O9. The first-order valence-corrected chi connectivity index (χ1v) is 13.7. The minimum absolute atomic E-state index is 0.0318. The van der Waals surface area contributed by atoms with Gasteiger partial charge in [-0.25, -0.2) is 0 Å². The van der Waals surface area contributed by atoms with Crippen LogP contribution in [0, 0.1) is 0 Å². The number of carbonyl (C=O) groups is 6. The molecule has 0 aliphatic heterocycles. The molecule has 46 heavy (non-hydrogen) atoms. The molecule has 0 fully saturated rings. The van der Waals surface area contributed by atoms with E-state index in [1.807, 2.05) is 0 Å². The van der Waals surface area contributed by atoms with E-state index in [2.05, 4.69) is 31.9 Å². The summed E-state index contributed by atoms with van der Waals surface area (Å²) in [7, 11) is 5.86. The zero-order valence-electron chi connectivity index (χ0n) is 25.6. The minimum atomic E-state index is -0.670. The number of aldehydes is 1. The summed E-state index contributed by atoms with van der Waals surface area (Å²) in [6, 6.07) is 13.6. The topological polar surface area (TPSA) is 202 Å². The Morgan fingerprint density at radius 3 is 1.33 bits per heavy atom. The molecule has 0 aliphatic rings. The van der Waals surface area contributed by atoms with Crippen LogP contribution < -0.4 is 46.1 Å². The van der Waals surface area contributed by atoms with Crippen LogP contribution in [-0.4, -0.2) is 83.8 Å². The fourth-order valence-electron chi connectivity index (χ4n) is 4.12. The van der Waals surface area contributed by atoms with Crippen molar-refractivity contribution in [1.29, 1.82) is 0 Å². The average Bonchev–Trinajstić information content (AvgIpc) is 3.07. The Kier molecular flexibility index (Phi) is 12.4. The summed E-state index contributed by atoms with van der Waals surface area (Å²) < 4.78 is 15.7. The lowest BCUT2D eigenvalue weighted by Gasteiger charge is -2.14. The van der Waals surface area contributed by atoms with Crippen molar-refractivity contribution in [1.82, 2.24) is 16.0 Å². The minimum Gasteiger partial charge on any atom is -0.496 e. The largest absolute Gasteiger partial charge is 0.496 e. The summed E-state index contributed by atoms with van der Waals surface area (Å²) in [6.07, 6.45) is 0.529. The lowest BCUT2D eigenvalue weighted by molar-refractivity contribution is -0.116. The lowest BCUT2D eigenvalue weighted by Crippen LogP contribution is -2.34. The summed E-state index contributed by atoms with van der Waals surface area (Å²) in [5, 5.41) is 15.5. The molecule has 242 valence electrons. The fraction of sp³-hybridized carbons (Fsp3) is 0.226. The number of carbonyl (C=O) groups excluding carboxylic acids is 6. The smallest absolute Gasteiger partial charge is 0.255 e. The third kappa shape index (κ3) is 9.19. The summed E-state index contributed by atoms with van der Waals surface area (Å²) >= 11 is 0. The van der Waals surface area contributed by atoms with Gasteiger partial charge in [0.05, 0.1) is 57.7 Å². The van der Waals surface area contributed by atoms with E-state index in [9.17, 15) is 28.8 Å². The van der Waals surface area contributed by atoms with Gasteiger partial charge in [0.1, 0.15) is 23.5 Å². The van der Waals surface area contributed by atoms with Crippen LogP contribution >= 0.6 is 0 Å². The standard InChI is InChI=1S/C31H34N6O9/c1-32-18-5-8-24(44-2)21(13-18)30(42)34-16-27(39)37-20-7-10-26(46-4)23(15-20)31(43)35-17-28(40)36-19-6-9-25(45-3)22(14-19)29(41)33-11-12-38/h5-10,12-15,32H,11,16-17H2,1-4H3,(H,33,41)(H,34,42)(H,35,43)(H,36,40)(H,37,39). The average molecular weight is 635 g/mol. The molecule has 0 spiro atoms. The van der Waals surface area contributed by atoms with Crippen molar-refractivity contribution in [2.75, 3.05) is 64.0 Å². The maximum absolute atomic E-state index is 13.0. The highest BCUT2D eigenvalue weighted by Crippen LogP contribution is 2.25. The summed E-state index contributed by atoms with van der Waals surface area (Å²) in [5.41, 5.74) is 1.54. The normalized spacial score (nSPS) is 10.1. The van der Waals surface area contributed by atoms with E-state index in [0.717, 1.165) is 0 Å². The van der Waals surface area contributed by atoms with Crippen molar-refractivity contribution < 1.29 is 43.0 Å². The van der Waals surface area contributed by atoms with Crippen LogP contribution in [0.5, 0.6) is 17.2 Å². The van der Waals surface area contributed by atoms with E-state index in [1.54, 1.807) is 25.2 Å². The van der Waals surface area contributed by atoms with Gasteiger partial charge in [0.2, 0.25) is 11.8 Å². The Labute approximate surface area is 264 Å². The molecule has 0 atom stereocenters. The molecule has 3 aromatic carbocycles. The Morgan fingerprint density at radius 2 is 0.957 bits per heavy atom. The van der Waals surface area contributed by atoms with Gasteiger partial charge in [-0.05, 0) is 54.6 Å². The highest BCUT2D eigenvalue weighted by molar-refractivity contribution is 6.04. The predicted molar refractivity (Wildman–Crippen MR) is 169 cm³/mol. The number of nitrogens with one attached hydrogen (secondary N) is 6. The molecule has 0 saturated carbocycles. The molecule has 3 aromatic rings. The van der Waals surface area contributed by atoms with Crippen LogP contribution in [0.3, 0.4) is 0 Å². The van der Waals surface area contributed by atoms with Gasteiger partial charge in [0.25, 0.3) is 17.7 Å². The monoisotopic (exact) mass is 634 g/mol. The highest BCUT2D eigenvalue weighted by Gasteiger charge is 2.18. The van der Waals surface area contributed by atoms with Crippen LogP contribution in [0.2, 0.25) is 0 Å². The molecule has 0 heterocycles. The summed E-state index contributed by atoms with van der Waals surface area (Å²) in [5.74, 6) is -2.18. The molecule has 5 amide bonds. The maximum Gasteiger partial charge on any atom is 0.255 e. The zero-order chi connectivity index (χ0) is 33.6. The van der Waals surface area contributed by atoms with Crippen LogP contribution in [-0.2, 0) is 14.4 Å². The third-order valence-corrected chi connectivity index (χ3v) is 6.35. The Balaban J connectivity index is 1.61. The van der Waals surface area contributed by atoms with E-state index in [0.29, 0.717) is 17.7 Å². The first-order chi connectivity index (χ1) is 22.1. The van der Waals surface area contributed by atoms with Crippen molar-refractivity contribution in [3.05, 3.63) is 71.3 Å². The van der Waals surface area contributed by atoms with Gasteiger partial charge in [0, 0.05) is 24.1 Å². The van der Waals surface area contributed by atoms with Gasteiger partial charge in [-0.15, -0.1) is 0 Å². The third-order valence-electron chi connectivity index (χ3n) is 6.35. The Bertz CT molecular complexity index is 1630. The van der Waals surface area contributed by atoms with Crippen LogP contribution in [0.15, 0.2) is 54.6 Å². The number of amides is 5. The van der Waals surface area contributed by atoms with Crippen molar-refractivity contribution in [3.8, 4) is 17.2 Å². The van der Waals surface area contributed by atoms with Crippen LogP contribution in [0.1, 0.15) is 31.1 Å². The molecule has 6 N–H and O–H groups in total. The highest BCUT2D eigenvalue weighted by atomic mass is 16.5. The Morgan fingerprint density at radius 1 is 0.587 bits per heavy atom. The molecular weight excluding hydrogens is 600 g/mol. The molecule has 15 heteroatoms. The molecule has 0 radical (unpaired) electrons. The number of anilines is 3. The number of ether oxygens (including phenoxy) is 3. The first-order valence-electron chi connectivity index (χ1n) is 13.7. The molecule has 15 nitrogen and oxygen atoms in total. The summed E-state index contributed by atoms with van der Waals surface area (Å²) in [4.78, 5) is 73.8. The van der Waals surface area contributed by atoms with Crippen LogP contribution in [0.25, 0.3) is 0 Å². The van der Waals surface area contributed by atoms with Crippen molar-refractivity contribution in [2.24, 2.45) is 0 Å². The molecule has 3 rings (SSSR count). The number of hydrogen-bond acceptors (Lipinski definition) is 10. The number of hydrogen-bond donors (Lipinski definition) is 6. The van der Waals surface area contributed by atoms with E-state index in [4.69, 9.17) is 14.2 Å². The first kappa shape index (κ1) is 34.4. The van der Waals surface area contributed by atoms with Crippen molar-refractivity contribution in [2.45, 2.75) is 0 Å². The van der Waals surface area contributed by atoms with Gasteiger partial charge in [-0.1, -0.05) is 0 Å². The second-order valence-electron chi connectivity index (χ2n) is 9.33. The second-order valence-corrected chi connectivity index (χ2v) is 9.33. The number of benzene rings is 3. The fourth-order valence-corrected chi connectivity index (χ4v) is 4.12. The Hall–Kier alpha value is -6.12. The molecule has 0 aliphatic carbocycles. The second kappa shape index (κ2) is 16.7. The predicted octanol–water partition coefficient (Wildman–Crippen LogP) is 1.42. The quantitative estimate of drug-likeness (QED) is 0.133. The zero-order valence-corrected chi connectivity index (χ0v) is 25.6. The van der Waals surface area contributed by atoms with Gasteiger partial charge < -0.3 is 50.9 Å². The lowest BCUT2D eigenvalue weighted by atomic mass is 10.1. The van der Waals surface area contributed by atoms with Gasteiger partial charge in [-0.3, -0.25) is 24.0 Å². The molecule has 0 saturated heterocycles. The number of methoxy groups -OCH3 is 3. The van der Waals surface area contributed by atoms with Crippen LogP contribution in [0.4, 0.5) is 17.1 Å². The molecule has 0 aromatic heterocycles. The van der Waals surface area contributed by atoms with Crippen molar-refractivity contribution in [3.63, 3.8) is 0 Å². The van der Waals surface area contributed by atoms with Gasteiger partial charge in [0.15, 0.2) is 0 Å². The van der Waals surface area contributed by atoms with Gasteiger partial charge in [-0.2, -0.15) is 0 Å². The van der Waals surface area contributed by atoms with Gasteiger partial charge >= 0.3 is 0 Å².